The lowest BCUT2D eigenvalue weighted by atomic mass is 10.3. The van der Waals surface area contributed by atoms with Crippen LogP contribution >= 0.6 is 11.8 Å². The van der Waals surface area contributed by atoms with Gasteiger partial charge in [0.1, 0.15) is 0 Å². The van der Waals surface area contributed by atoms with Crippen LogP contribution in [0.1, 0.15) is 12.8 Å². The van der Waals surface area contributed by atoms with Gasteiger partial charge < -0.3 is 9.84 Å². The first-order valence-corrected chi connectivity index (χ1v) is 5.53. The molecule has 0 radical (unpaired) electrons. The summed E-state index contributed by atoms with van der Waals surface area (Å²) in [7, 11) is 0. The van der Waals surface area contributed by atoms with Gasteiger partial charge in [-0.25, -0.2) is 4.79 Å². The van der Waals surface area contributed by atoms with E-state index in [0.29, 0.717) is 6.10 Å². The highest BCUT2D eigenvalue weighted by molar-refractivity contribution is 7.99. The molecule has 13 heavy (non-hydrogen) atoms. The summed E-state index contributed by atoms with van der Waals surface area (Å²) in [4.78, 5) is 10.1. The van der Waals surface area contributed by atoms with Crippen LogP contribution in [0.4, 0.5) is 0 Å². The summed E-state index contributed by atoms with van der Waals surface area (Å²) in [6, 6.07) is 0. The lowest BCUT2D eigenvalue weighted by Gasteiger charge is -2.06. The van der Waals surface area contributed by atoms with Gasteiger partial charge in [-0.15, -0.1) is 0 Å². The largest absolute Gasteiger partial charge is 0.478 e. The highest BCUT2D eigenvalue weighted by Crippen LogP contribution is 2.16. The van der Waals surface area contributed by atoms with Crippen LogP contribution in [0, 0.1) is 0 Å². The molecule has 74 valence electrons. The van der Waals surface area contributed by atoms with E-state index in [2.05, 4.69) is 0 Å². The first-order valence-electron chi connectivity index (χ1n) is 4.38. The molecule has 1 unspecified atom stereocenters. The fraction of sp³-hybridized carbons (Fsp3) is 0.667. The fourth-order valence-electron chi connectivity index (χ4n) is 1.19. The van der Waals surface area contributed by atoms with E-state index < -0.39 is 5.97 Å². The van der Waals surface area contributed by atoms with Crippen molar-refractivity contribution in [3.05, 3.63) is 12.2 Å². The Morgan fingerprint density at radius 3 is 3.15 bits per heavy atom. The van der Waals surface area contributed by atoms with E-state index in [4.69, 9.17) is 9.84 Å². The summed E-state index contributed by atoms with van der Waals surface area (Å²) in [5.41, 5.74) is 0. The van der Waals surface area contributed by atoms with Crippen LogP contribution < -0.4 is 0 Å². The summed E-state index contributed by atoms with van der Waals surface area (Å²) in [6.07, 6.45) is 5.55. The third kappa shape index (κ3) is 4.95. The van der Waals surface area contributed by atoms with Gasteiger partial charge in [-0.3, -0.25) is 0 Å². The number of carbonyl (C=O) groups is 1. The Morgan fingerprint density at radius 2 is 2.54 bits per heavy atom. The first-order chi connectivity index (χ1) is 6.29. The number of hydrogen-bond donors (Lipinski definition) is 1. The van der Waals surface area contributed by atoms with Crippen LogP contribution in [0.3, 0.4) is 0 Å². The van der Waals surface area contributed by atoms with Crippen LogP contribution in [0.2, 0.25) is 0 Å². The maximum absolute atomic E-state index is 10.1. The Morgan fingerprint density at radius 1 is 1.69 bits per heavy atom. The molecule has 1 aliphatic heterocycles. The van der Waals surface area contributed by atoms with E-state index in [1.54, 1.807) is 17.8 Å². The molecular formula is C9H14O3S. The van der Waals surface area contributed by atoms with Gasteiger partial charge in [0.05, 0.1) is 6.10 Å². The monoisotopic (exact) mass is 202 g/mol. The molecule has 1 N–H and O–H groups in total. The topological polar surface area (TPSA) is 46.5 Å². The Labute approximate surface area is 82.2 Å². The molecule has 1 saturated heterocycles. The standard InChI is InChI=1S/C9H14O3S/c10-9(11)4-2-6-13-7-8-3-1-5-12-8/h2,4,8H,1,3,5-7H2,(H,10,11)/b4-2+. The van der Waals surface area contributed by atoms with Crippen molar-refractivity contribution in [2.45, 2.75) is 18.9 Å². The molecule has 3 nitrogen and oxygen atoms in total. The minimum absolute atomic E-state index is 0.392. The lowest BCUT2D eigenvalue weighted by molar-refractivity contribution is -0.131. The third-order valence-corrected chi connectivity index (χ3v) is 2.84. The van der Waals surface area contributed by atoms with Gasteiger partial charge >= 0.3 is 5.97 Å². The number of aliphatic carboxylic acids is 1. The van der Waals surface area contributed by atoms with Crippen molar-refractivity contribution < 1.29 is 14.6 Å². The van der Waals surface area contributed by atoms with Crippen molar-refractivity contribution in [3.8, 4) is 0 Å². The summed E-state index contributed by atoms with van der Waals surface area (Å²) in [6.45, 7) is 0.885. The van der Waals surface area contributed by atoms with Crippen LogP contribution in [-0.2, 0) is 9.53 Å². The quantitative estimate of drug-likeness (QED) is 0.542. The van der Waals surface area contributed by atoms with Gasteiger partial charge in [-0.1, -0.05) is 6.08 Å². The molecule has 1 rings (SSSR count). The van der Waals surface area contributed by atoms with E-state index in [9.17, 15) is 4.79 Å². The van der Waals surface area contributed by atoms with Gasteiger partial charge in [0.15, 0.2) is 0 Å². The molecule has 0 aliphatic carbocycles. The normalized spacial score (nSPS) is 22.6. The molecule has 0 aromatic heterocycles. The Hall–Kier alpha value is -0.480. The number of hydrogen-bond acceptors (Lipinski definition) is 3. The molecule has 0 aromatic carbocycles. The third-order valence-electron chi connectivity index (χ3n) is 1.80. The van der Waals surface area contributed by atoms with Gasteiger partial charge in [0.2, 0.25) is 0 Å². The molecule has 1 atom stereocenters. The molecule has 0 amide bonds. The van der Waals surface area contributed by atoms with E-state index in [-0.39, 0.29) is 0 Å². The van der Waals surface area contributed by atoms with Gasteiger partial charge in [0.25, 0.3) is 0 Å². The number of carboxylic acid groups (broad SMARTS) is 1. The predicted molar refractivity (Wildman–Crippen MR) is 53.1 cm³/mol. The zero-order valence-electron chi connectivity index (χ0n) is 7.44. The second-order valence-electron chi connectivity index (χ2n) is 2.91. The fourth-order valence-corrected chi connectivity index (χ4v) is 2.09. The molecule has 1 fully saturated rings. The maximum atomic E-state index is 10.1. The second-order valence-corrected chi connectivity index (χ2v) is 3.99. The average Bonchev–Trinajstić information content (AvgIpc) is 2.55. The summed E-state index contributed by atoms with van der Waals surface area (Å²) in [5.74, 6) is 0.855. The average molecular weight is 202 g/mol. The minimum Gasteiger partial charge on any atom is -0.478 e. The van der Waals surface area contributed by atoms with Gasteiger partial charge in [-0.05, 0) is 12.8 Å². The van der Waals surface area contributed by atoms with Crippen molar-refractivity contribution in [2.24, 2.45) is 0 Å². The van der Waals surface area contributed by atoms with E-state index in [1.807, 2.05) is 0 Å². The molecule has 1 heterocycles. The Balaban J connectivity index is 1.97. The van der Waals surface area contributed by atoms with Gasteiger partial charge in [0, 0.05) is 24.2 Å². The van der Waals surface area contributed by atoms with Crippen molar-refractivity contribution in [1.82, 2.24) is 0 Å². The van der Waals surface area contributed by atoms with Crippen LogP contribution in [0.25, 0.3) is 0 Å². The molecule has 0 aromatic rings. The zero-order chi connectivity index (χ0) is 9.52. The summed E-state index contributed by atoms with van der Waals surface area (Å²) >= 11 is 1.72. The molecule has 0 spiro atoms. The first kappa shape index (κ1) is 10.6. The highest BCUT2D eigenvalue weighted by atomic mass is 32.2. The predicted octanol–water partition coefficient (Wildman–Crippen LogP) is 1.54. The molecule has 0 bridgehead atoms. The van der Waals surface area contributed by atoms with Crippen molar-refractivity contribution in [2.75, 3.05) is 18.1 Å². The van der Waals surface area contributed by atoms with Crippen LogP contribution in [0.5, 0.6) is 0 Å². The number of rotatable bonds is 5. The van der Waals surface area contributed by atoms with Crippen molar-refractivity contribution in [1.29, 1.82) is 0 Å². The minimum atomic E-state index is -0.877. The SMILES string of the molecule is O=C(O)/C=C/CSCC1CCCO1. The van der Waals surface area contributed by atoms with Crippen LogP contribution in [-0.4, -0.2) is 35.3 Å². The number of carboxylic acids is 1. The summed E-state index contributed by atoms with van der Waals surface area (Å²) in [5, 5.41) is 8.30. The molecule has 4 heteroatoms. The smallest absolute Gasteiger partial charge is 0.328 e. The summed E-state index contributed by atoms with van der Waals surface area (Å²) < 4.78 is 5.42. The molecule has 1 aliphatic rings. The van der Waals surface area contributed by atoms with Crippen LogP contribution in [0.15, 0.2) is 12.2 Å². The number of ether oxygens (including phenoxy) is 1. The van der Waals surface area contributed by atoms with Crippen molar-refractivity contribution >= 4 is 17.7 Å². The van der Waals surface area contributed by atoms with E-state index in [0.717, 1.165) is 31.0 Å². The Bertz CT molecular complexity index is 185. The Kier molecular flexibility index (Phi) is 4.93. The van der Waals surface area contributed by atoms with Crippen molar-refractivity contribution in [3.63, 3.8) is 0 Å². The maximum Gasteiger partial charge on any atom is 0.328 e. The second kappa shape index (κ2) is 6.05. The van der Waals surface area contributed by atoms with Gasteiger partial charge in [-0.2, -0.15) is 11.8 Å². The molecule has 0 saturated carbocycles. The van der Waals surface area contributed by atoms with E-state index in [1.165, 1.54) is 6.08 Å². The molecular weight excluding hydrogens is 188 g/mol. The highest BCUT2D eigenvalue weighted by Gasteiger charge is 2.14. The van der Waals surface area contributed by atoms with E-state index >= 15 is 0 Å². The zero-order valence-corrected chi connectivity index (χ0v) is 8.26. The lowest BCUT2D eigenvalue weighted by Crippen LogP contribution is -2.07. The number of thioether (sulfide) groups is 1.